The second-order valence-corrected chi connectivity index (χ2v) is 3.31. The van der Waals surface area contributed by atoms with Gasteiger partial charge in [0.15, 0.2) is 6.10 Å². The van der Waals surface area contributed by atoms with Crippen molar-refractivity contribution >= 4 is 0 Å². The lowest BCUT2D eigenvalue weighted by atomic mass is 10.3. The molecule has 13 heavy (non-hydrogen) atoms. The highest BCUT2D eigenvalue weighted by Crippen LogP contribution is 2.28. The van der Waals surface area contributed by atoms with Crippen LogP contribution in [0.4, 0.5) is 13.2 Å². The van der Waals surface area contributed by atoms with Gasteiger partial charge in [0, 0.05) is 6.54 Å². The molecule has 2 N–H and O–H groups in total. The summed E-state index contributed by atoms with van der Waals surface area (Å²) in [6, 6.07) is 0. The molecule has 1 atom stereocenters. The largest absolute Gasteiger partial charge is 0.415 e. The Kier molecular flexibility index (Phi) is 3.55. The molecule has 0 bridgehead atoms. The first-order chi connectivity index (χ1) is 6.04. The van der Waals surface area contributed by atoms with Crippen LogP contribution in [0.1, 0.15) is 25.7 Å². The minimum Gasteiger partial charge on any atom is -0.364 e. The Bertz CT molecular complexity index is 154. The van der Waals surface area contributed by atoms with Crippen molar-refractivity contribution in [3.8, 4) is 0 Å². The van der Waals surface area contributed by atoms with E-state index in [2.05, 4.69) is 0 Å². The van der Waals surface area contributed by atoms with Crippen LogP contribution >= 0.6 is 0 Å². The molecular formula is C8H14F3NO. The third-order valence-electron chi connectivity index (χ3n) is 2.24. The van der Waals surface area contributed by atoms with Crippen molar-refractivity contribution in [1.82, 2.24) is 0 Å². The summed E-state index contributed by atoms with van der Waals surface area (Å²) in [6.45, 7) is -0.486. The smallest absolute Gasteiger partial charge is 0.364 e. The van der Waals surface area contributed by atoms with E-state index in [0.29, 0.717) is 0 Å². The molecule has 0 radical (unpaired) electrons. The normalized spacial score (nSPS) is 22.2. The van der Waals surface area contributed by atoms with Crippen molar-refractivity contribution in [2.45, 2.75) is 44.1 Å². The molecule has 0 aromatic carbocycles. The molecule has 0 aromatic rings. The minimum atomic E-state index is -4.32. The molecule has 78 valence electrons. The van der Waals surface area contributed by atoms with Crippen LogP contribution in [0.15, 0.2) is 0 Å². The summed E-state index contributed by atoms with van der Waals surface area (Å²) in [5, 5.41) is 0. The van der Waals surface area contributed by atoms with Crippen LogP contribution in [0.5, 0.6) is 0 Å². The van der Waals surface area contributed by atoms with E-state index in [1.807, 2.05) is 0 Å². The van der Waals surface area contributed by atoms with Crippen molar-refractivity contribution in [2.24, 2.45) is 5.73 Å². The van der Waals surface area contributed by atoms with Crippen molar-refractivity contribution in [3.63, 3.8) is 0 Å². The van der Waals surface area contributed by atoms with E-state index in [0.717, 1.165) is 25.7 Å². The fourth-order valence-electron chi connectivity index (χ4n) is 1.52. The van der Waals surface area contributed by atoms with Crippen LogP contribution in [0.25, 0.3) is 0 Å². The van der Waals surface area contributed by atoms with E-state index < -0.39 is 18.8 Å². The molecule has 2 nitrogen and oxygen atoms in total. The summed E-state index contributed by atoms with van der Waals surface area (Å²) in [5.74, 6) is 0. The minimum absolute atomic E-state index is 0.241. The maximum atomic E-state index is 12.2. The molecule has 1 fully saturated rings. The van der Waals surface area contributed by atoms with Crippen molar-refractivity contribution in [3.05, 3.63) is 0 Å². The topological polar surface area (TPSA) is 35.2 Å². The van der Waals surface area contributed by atoms with Gasteiger partial charge in [0.05, 0.1) is 6.10 Å². The first-order valence-corrected chi connectivity index (χ1v) is 4.46. The van der Waals surface area contributed by atoms with E-state index >= 15 is 0 Å². The number of nitrogens with two attached hydrogens (primary N) is 1. The molecule has 0 spiro atoms. The van der Waals surface area contributed by atoms with Crippen LogP contribution in [-0.4, -0.2) is 24.9 Å². The van der Waals surface area contributed by atoms with Crippen LogP contribution in [-0.2, 0) is 4.74 Å². The number of ether oxygens (including phenoxy) is 1. The highest BCUT2D eigenvalue weighted by atomic mass is 19.4. The van der Waals surface area contributed by atoms with E-state index in [1.165, 1.54) is 0 Å². The van der Waals surface area contributed by atoms with Gasteiger partial charge in [-0.25, -0.2) is 0 Å². The third kappa shape index (κ3) is 3.15. The van der Waals surface area contributed by atoms with Crippen LogP contribution in [0, 0.1) is 0 Å². The van der Waals surface area contributed by atoms with Gasteiger partial charge in [0.25, 0.3) is 0 Å². The number of halogens is 3. The molecule has 1 saturated carbocycles. The molecule has 0 saturated heterocycles. The van der Waals surface area contributed by atoms with E-state index in [4.69, 9.17) is 10.5 Å². The van der Waals surface area contributed by atoms with Crippen LogP contribution in [0.3, 0.4) is 0 Å². The zero-order valence-corrected chi connectivity index (χ0v) is 7.31. The Morgan fingerprint density at radius 1 is 1.31 bits per heavy atom. The average Bonchev–Trinajstić information content (AvgIpc) is 2.49. The molecular weight excluding hydrogens is 183 g/mol. The molecule has 1 aliphatic rings. The summed E-state index contributed by atoms with van der Waals surface area (Å²) in [4.78, 5) is 0. The van der Waals surface area contributed by atoms with E-state index in [9.17, 15) is 13.2 Å². The standard InChI is InChI=1S/C8H14F3NO/c9-8(10,11)7(5-12)13-6-3-1-2-4-6/h6-7H,1-5,12H2/t7-/m0/s1. The summed E-state index contributed by atoms with van der Waals surface area (Å²) >= 11 is 0. The zero-order valence-electron chi connectivity index (χ0n) is 7.31. The average molecular weight is 197 g/mol. The second-order valence-electron chi connectivity index (χ2n) is 3.31. The molecule has 0 amide bonds. The van der Waals surface area contributed by atoms with Crippen LogP contribution < -0.4 is 5.73 Å². The predicted molar refractivity (Wildman–Crippen MR) is 42.2 cm³/mol. The number of hydrogen-bond acceptors (Lipinski definition) is 2. The first kappa shape index (κ1) is 10.8. The number of alkyl halides is 3. The van der Waals surface area contributed by atoms with E-state index in [1.54, 1.807) is 0 Å². The maximum Gasteiger partial charge on any atom is 0.415 e. The Hall–Kier alpha value is -0.290. The van der Waals surface area contributed by atoms with Gasteiger partial charge in [-0.3, -0.25) is 0 Å². The Morgan fingerprint density at radius 2 is 1.85 bits per heavy atom. The predicted octanol–water partition coefficient (Wildman–Crippen LogP) is 1.84. The number of rotatable bonds is 3. The fourth-order valence-corrected chi connectivity index (χ4v) is 1.52. The zero-order chi connectivity index (χ0) is 9.90. The first-order valence-electron chi connectivity index (χ1n) is 4.46. The van der Waals surface area contributed by atoms with Crippen molar-refractivity contribution in [2.75, 3.05) is 6.54 Å². The fraction of sp³-hybridized carbons (Fsp3) is 1.00. The Balaban J connectivity index is 2.39. The van der Waals surface area contributed by atoms with Gasteiger partial charge in [-0.05, 0) is 12.8 Å². The number of hydrogen-bond donors (Lipinski definition) is 1. The lowest BCUT2D eigenvalue weighted by Gasteiger charge is -2.22. The summed E-state index contributed by atoms with van der Waals surface area (Å²) in [6.07, 6.45) is -2.97. The van der Waals surface area contributed by atoms with Gasteiger partial charge in [0.2, 0.25) is 0 Å². The van der Waals surface area contributed by atoms with Gasteiger partial charge in [-0.15, -0.1) is 0 Å². The quantitative estimate of drug-likeness (QED) is 0.749. The van der Waals surface area contributed by atoms with E-state index in [-0.39, 0.29) is 6.10 Å². The van der Waals surface area contributed by atoms with Gasteiger partial charge < -0.3 is 10.5 Å². The lowest BCUT2D eigenvalue weighted by molar-refractivity contribution is -0.228. The summed E-state index contributed by atoms with van der Waals surface area (Å²) in [7, 11) is 0. The second kappa shape index (κ2) is 4.28. The summed E-state index contributed by atoms with van der Waals surface area (Å²) in [5.41, 5.74) is 4.99. The lowest BCUT2D eigenvalue weighted by Crippen LogP contribution is -2.40. The molecule has 0 heterocycles. The molecule has 0 unspecified atom stereocenters. The highest BCUT2D eigenvalue weighted by molar-refractivity contribution is 4.74. The van der Waals surface area contributed by atoms with Crippen molar-refractivity contribution < 1.29 is 17.9 Å². The monoisotopic (exact) mass is 197 g/mol. The maximum absolute atomic E-state index is 12.2. The Morgan fingerprint density at radius 3 is 2.23 bits per heavy atom. The third-order valence-corrected chi connectivity index (χ3v) is 2.24. The van der Waals surface area contributed by atoms with Gasteiger partial charge in [0.1, 0.15) is 0 Å². The highest BCUT2D eigenvalue weighted by Gasteiger charge is 2.41. The molecule has 0 aliphatic heterocycles. The molecule has 1 rings (SSSR count). The molecule has 0 aromatic heterocycles. The molecule has 1 aliphatic carbocycles. The summed E-state index contributed by atoms with van der Waals surface area (Å²) < 4.78 is 41.4. The molecule has 5 heteroatoms. The SMILES string of the molecule is NC[C@H](OC1CCCC1)C(F)(F)F. The van der Waals surface area contributed by atoms with Gasteiger partial charge >= 0.3 is 6.18 Å². The Labute approximate surface area is 75.2 Å². The van der Waals surface area contributed by atoms with Crippen LogP contribution in [0.2, 0.25) is 0 Å². The van der Waals surface area contributed by atoms with Gasteiger partial charge in [-0.2, -0.15) is 13.2 Å². The van der Waals surface area contributed by atoms with Crippen molar-refractivity contribution in [1.29, 1.82) is 0 Å². The van der Waals surface area contributed by atoms with Gasteiger partial charge in [-0.1, -0.05) is 12.8 Å².